The Labute approximate surface area is 157 Å². The van der Waals surface area contributed by atoms with Crippen LogP contribution in [0.5, 0.6) is 0 Å². The molecule has 0 radical (unpaired) electrons. The van der Waals surface area contributed by atoms with E-state index in [4.69, 9.17) is 5.53 Å². The Bertz CT molecular complexity index is 803. The molecule has 0 spiro atoms. The Morgan fingerprint density at radius 3 is 2.21 bits per heavy atom. The third-order valence-electron chi connectivity index (χ3n) is 4.49. The van der Waals surface area contributed by atoms with Gasteiger partial charge in [0.25, 0.3) is 0 Å². The van der Waals surface area contributed by atoms with Crippen molar-refractivity contribution in [2.75, 3.05) is 0 Å². The lowest BCUT2D eigenvalue weighted by Crippen LogP contribution is -1.88. The fourth-order valence-corrected chi connectivity index (χ4v) is 4.13. The molecule has 2 aromatic carbocycles. The minimum absolute atomic E-state index is 0.0492. The number of aliphatic hydroxyl groups is 1. The van der Waals surface area contributed by atoms with Crippen molar-refractivity contribution in [3.8, 4) is 0 Å². The minimum atomic E-state index is -0.224. The summed E-state index contributed by atoms with van der Waals surface area (Å²) in [7, 11) is 0. The Morgan fingerprint density at radius 2 is 1.54 bits per heavy atom. The molecule has 0 aromatic heterocycles. The van der Waals surface area contributed by atoms with Crippen LogP contribution < -0.4 is 0 Å². The number of halogens is 2. The van der Waals surface area contributed by atoms with Gasteiger partial charge in [-0.3, -0.25) is 0 Å². The van der Waals surface area contributed by atoms with E-state index in [1.54, 1.807) is 0 Å². The molecule has 0 saturated carbocycles. The Morgan fingerprint density at radius 1 is 0.958 bits per heavy atom. The molecule has 1 N–H and O–H groups in total. The van der Waals surface area contributed by atoms with E-state index in [1.807, 2.05) is 24.3 Å². The van der Waals surface area contributed by atoms with Crippen molar-refractivity contribution in [2.45, 2.75) is 37.8 Å². The van der Waals surface area contributed by atoms with Crippen LogP contribution in [0.1, 0.15) is 47.2 Å². The van der Waals surface area contributed by atoms with Gasteiger partial charge in [0.2, 0.25) is 0 Å². The van der Waals surface area contributed by atoms with Gasteiger partial charge in [0.1, 0.15) is 0 Å². The van der Waals surface area contributed by atoms with E-state index in [2.05, 4.69) is 54.0 Å². The summed E-state index contributed by atoms with van der Waals surface area (Å²) in [5, 5.41) is 13.2. The number of rotatable bonds is 1. The lowest BCUT2D eigenvalue weighted by molar-refractivity contribution is 0.180. The van der Waals surface area contributed by atoms with E-state index in [-0.39, 0.29) is 12.1 Å². The number of aryl methyl sites for hydroxylation is 2. The van der Waals surface area contributed by atoms with Crippen LogP contribution in [-0.4, -0.2) is 5.11 Å². The Kier molecular flexibility index (Phi) is 5.61. The first kappa shape index (κ1) is 17.5. The molecule has 0 saturated heterocycles. The van der Waals surface area contributed by atoms with Crippen molar-refractivity contribution < 1.29 is 5.11 Å². The van der Waals surface area contributed by atoms with Crippen molar-refractivity contribution in [3.63, 3.8) is 0 Å². The molecular formula is C18H17Br2N3O. The highest BCUT2D eigenvalue weighted by Gasteiger charge is 2.21. The van der Waals surface area contributed by atoms with Crippen molar-refractivity contribution in [3.05, 3.63) is 78.0 Å². The van der Waals surface area contributed by atoms with Gasteiger partial charge in [-0.1, -0.05) is 49.1 Å². The molecule has 124 valence electrons. The largest absolute Gasteiger partial charge is 0.388 e. The highest BCUT2D eigenvalue weighted by Crippen LogP contribution is 2.35. The van der Waals surface area contributed by atoms with Gasteiger partial charge < -0.3 is 5.11 Å². The summed E-state index contributed by atoms with van der Waals surface area (Å²) in [5.74, 6) is 0. The zero-order chi connectivity index (χ0) is 17.1. The van der Waals surface area contributed by atoms with Crippen molar-refractivity contribution >= 4 is 31.9 Å². The van der Waals surface area contributed by atoms with Gasteiger partial charge in [-0.05, 0) is 77.7 Å². The summed E-state index contributed by atoms with van der Waals surface area (Å²) in [6, 6.07) is 12.2. The molecular weight excluding hydrogens is 434 g/mol. The van der Waals surface area contributed by atoms with Gasteiger partial charge in [-0.2, -0.15) is 0 Å². The van der Waals surface area contributed by atoms with Gasteiger partial charge in [0.05, 0.1) is 12.1 Å². The maximum atomic E-state index is 9.46. The van der Waals surface area contributed by atoms with Crippen molar-refractivity contribution in [1.82, 2.24) is 0 Å². The van der Waals surface area contributed by atoms with E-state index in [1.165, 1.54) is 16.7 Å². The molecule has 4 nitrogen and oxygen atoms in total. The van der Waals surface area contributed by atoms with Crippen LogP contribution in [0.2, 0.25) is 0 Å². The Balaban J connectivity index is 0.000000143. The number of aliphatic hydroxyl groups excluding tert-OH is 1. The zero-order valence-corrected chi connectivity index (χ0v) is 16.2. The standard InChI is InChI=1S/C9H8BrN3.C9H9BrO/c10-7-2-3-8-6(5-7)1-4-9(8)12-13-11;10-7-2-3-8-6(5-7)1-4-9(8)11/h2-3,5,9H,1,4H2;2-3,5,9,11H,1,4H2/t2*9-/m10/s1. The summed E-state index contributed by atoms with van der Waals surface area (Å²) in [4.78, 5) is 2.85. The van der Waals surface area contributed by atoms with Crippen LogP contribution >= 0.6 is 31.9 Å². The van der Waals surface area contributed by atoms with E-state index in [9.17, 15) is 5.11 Å². The fraction of sp³-hybridized carbons (Fsp3) is 0.333. The van der Waals surface area contributed by atoms with Gasteiger partial charge >= 0.3 is 0 Å². The average Bonchev–Trinajstić information content (AvgIpc) is 3.12. The first-order valence-electron chi connectivity index (χ1n) is 7.87. The highest BCUT2D eigenvalue weighted by molar-refractivity contribution is 9.10. The average molecular weight is 451 g/mol. The van der Waals surface area contributed by atoms with Crippen LogP contribution in [0.15, 0.2) is 50.5 Å². The van der Waals surface area contributed by atoms with Crippen LogP contribution in [0.25, 0.3) is 10.4 Å². The molecule has 0 unspecified atom stereocenters. The predicted molar refractivity (Wildman–Crippen MR) is 102 cm³/mol. The molecule has 0 aliphatic heterocycles. The maximum Gasteiger partial charge on any atom is 0.0795 e. The summed E-state index contributed by atoms with van der Waals surface area (Å²) in [6.45, 7) is 0. The second-order valence-electron chi connectivity index (χ2n) is 6.00. The first-order chi connectivity index (χ1) is 11.6. The third kappa shape index (κ3) is 3.83. The van der Waals surface area contributed by atoms with Crippen LogP contribution in [0.4, 0.5) is 0 Å². The summed E-state index contributed by atoms with van der Waals surface area (Å²) < 4.78 is 2.19. The zero-order valence-electron chi connectivity index (χ0n) is 13.0. The Hall–Kier alpha value is -1.33. The van der Waals surface area contributed by atoms with E-state index in [0.717, 1.165) is 40.2 Å². The third-order valence-corrected chi connectivity index (χ3v) is 5.48. The number of nitrogens with zero attached hydrogens (tertiary/aromatic N) is 3. The van der Waals surface area contributed by atoms with E-state index < -0.39 is 0 Å². The summed E-state index contributed by atoms with van der Waals surface area (Å²) in [5.41, 5.74) is 13.2. The number of azide groups is 1. The normalized spacial score (nSPS) is 20.5. The molecule has 0 heterocycles. The number of fused-ring (bicyclic) bond motifs is 2. The van der Waals surface area contributed by atoms with Crippen molar-refractivity contribution in [1.29, 1.82) is 0 Å². The molecule has 2 atom stereocenters. The summed E-state index contributed by atoms with van der Waals surface area (Å²) in [6.07, 6.45) is 3.62. The first-order valence-corrected chi connectivity index (χ1v) is 9.46. The van der Waals surface area contributed by atoms with Gasteiger partial charge in [-0.15, -0.1) is 0 Å². The lowest BCUT2D eigenvalue weighted by atomic mass is 10.1. The number of hydrogen-bond acceptors (Lipinski definition) is 2. The monoisotopic (exact) mass is 449 g/mol. The van der Waals surface area contributed by atoms with E-state index in [0.29, 0.717) is 0 Å². The molecule has 2 aliphatic rings. The molecule has 6 heteroatoms. The fourth-order valence-electron chi connectivity index (χ4n) is 3.31. The quantitative estimate of drug-likeness (QED) is 0.314. The smallest absolute Gasteiger partial charge is 0.0795 e. The second kappa shape index (κ2) is 7.70. The SMILES string of the molecule is O[C@H]1CCc2cc(Br)ccc21.[N-]=[N+]=N[C@@H]1CCc2cc(Br)ccc21. The lowest BCUT2D eigenvalue weighted by Gasteiger charge is -2.03. The molecule has 2 aromatic rings. The second-order valence-corrected chi connectivity index (χ2v) is 7.83. The topological polar surface area (TPSA) is 69.0 Å². The van der Waals surface area contributed by atoms with Crippen LogP contribution in [-0.2, 0) is 12.8 Å². The maximum absolute atomic E-state index is 9.46. The molecule has 0 bridgehead atoms. The minimum Gasteiger partial charge on any atom is -0.388 e. The van der Waals surface area contributed by atoms with Crippen LogP contribution in [0, 0.1) is 0 Å². The molecule has 0 amide bonds. The molecule has 2 aliphatic carbocycles. The number of benzene rings is 2. The van der Waals surface area contributed by atoms with E-state index >= 15 is 0 Å². The van der Waals surface area contributed by atoms with Gasteiger partial charge in [0.15, 0.2) is 0 Å². The molecule has 24 heavy (non-hydrogen) atoms. The van der Waals surface area contributed by atoms with Gasteiger partial charge in [-0.25, -0.2) is 0 Å². The molecule has 0 fully saturated rings. The van der Waals surface area contributed by atoms with Crippen molar-refractivity contribution in [2.24, 2.45) is 5.11 Å². The highest BCUT2D eigenvalue weighted by atomic mass is 79.9. The predicted octanol–water partition coefficient (Wildman–Crippen LogP) is 6.18. The van der Waals surface area contributed by atoms with Crippen LogP contribution in [0.3, 0.4) is 0 Å². The summed E-state index contributed by atoms with van der Waals surface area (Å²) >= 11 is 6.82. The van der Waals surface area contributed by atoms with Gasteiger partial charge in [0, 0.05) is 13.9 Å². The number of hydrogen-bond donors (Lipinski definition) is 1. The molecule has 4 rings (SSSR count).